The van der Waals surface area contributed by atoms with E-state index in [9.17, 15) is 4.79 Å². The molecule has 1 atom stereocenters. The van der Waals surface area contributed by atoms with Gasteiger partial charge in [-0.1, -0.05) is 52.9 Å². The van der Waals surface area contributed by atoms with Crippen LogP contribution in [0.4, 0.5) is 0 Å². The maximum absolute atomic E-state index is 11.9. The molecule has 1 unspecified atom stereocenters. The number of carbonyl (C=O) groups is 1. The molecule has 0 aromatic rings. The molecule has 1 aliphatic carbocycles. The molecule has 0 spiro atoms. The van der Waals surface area contributed by atoms with Crippen molar-refractivity contribution in [3.05, 3.63) is 0 Å². The molecule has 1 rings (SSSR count). The van der Waals surface area contributed by atoms with Crippen LogP contribution in [0.5, 0.6) is 0 Å². The van der Waals surface area contributed by atoms with Gasteiger partial charge in [-0.15, -0.1) is 0 Å². The lowest BCUT2D eigenvalue weighted by molar-refractivity contribution is -0.122. The highest BCUT2D eigenvalue weighted by Crippen LogP contribution is 2.27. The van der Waals surface area contributed by atoms with Gasteiger partial charge in [0.2, 0.25) is 5.91 Å². The zero-order chi connectivity index (χ0) is 13.6. The Labute approximate surface area is 112 Å². The lowest BCUT2D eigenvalue weighted by Gasteiger charge is -2.24. The van der Waals surface area contributed by atoms with Crippen LogP contribution < -0.4 is 11.1 Å². The van der Waals surface area contributed by atoms with E-state index >= 15 is 0 Å². The Morgan fingerprint density at radius 1 is 1.28 bits per heavy atom. The van der Waals surface area contributed by atoms with E-state index in [4.69, 9.17) is 5.73 Å². The summed E-state index contributed by atoms with van der Waals surface area (Å²) < 4.78 is 0. The zero-order valence-electron chi connectivity index (χ0n) is 12.3. The molecule has 0 aliphatic heterocycles. The Kier molecular flexibility index (Phi) is 6.13. The Balaban J connectivity index is 2.19. The van der Waals surface area contributed by atoms with E-state index in [0.29, 0.717) is 5.92 Å². The minimum absolute atomic E-state index is 0.0322. The van der Waals surface area contributed by atoms with E-state index in [1.807, 2.05) is 0 Å². The lowest BCUT2D eigenvalue weighted by atomic mass is 9.85. The van der Waals surface area contributed by atoms with Crippen LogP contribution in [-0.4, -0.2) is 18.5 Å². The Hall–Kier alpha value is -0.570. The molecule has 0 heterocycles. The topological polar surface area (TPSA) is 55.1 Å². The average Bonchev–Trinajstić information content (AvgIpc) is 2.28. The van der Waals surface area contributed by atoms with Crippen LogP contribution in [-0.2, 0) is 4.79 Å². The summed E-state index contributed by atoms with van der Waals surface area (Å²) in [6, 6.07) is -0.312. The molecule has 0 aromatic heterocycles. The minimum Gasteiger partial charge on any atom is -0.355 e. The third-order valence-electron chi connectivity index (χ3n) is 3.82. The molecule has 1 saturated carbocycles. The number of hydrogen-bond donors (Lipinski definition) is 2. The van der Waals surface area contributed by atoms with E-state index in [1.165, 1.54) is 32.1 Å². The maximum Gasteiger partial charge on any atom is 0.236 e. The molecule has 1 amide bonds. The Morgan fingerprint density at radius 3 is 2.44 bits per heavy atom. The summed E-state index contributed by atoms with van der Waals surface area (Å²) >= 11 is 0. The summed E-state index contributed by atoms with van der Waals surface area (Å²) in [5, 5.41) is 2.96. The molecular formula is C15H30N2O. The first-order valence-corrected chi connectivity index (χ1v) is 7.42. The fourth-order valence-electron chi connectivity index (χ4n) is 2.58. The second kappa shape index (κ2) is 7.13. The summed E-state index contributed by atoms with van der Waals surface area (Å²) in [6.07, 6.45) is 8.33. The highest BCUT2D eigenvalue weighted by Gasteiger charge is 2.21. The van der Waals surface area contributed by atoms with Gasteiger partial charge in [0.25, 0.3) is 0 Å². The molecule has 1 fully saturated rings. The molecule has 0 radical (unpaired) electrons. The van der Waals surface area contributed by atoms with Crippen molar-refractivity contribution in [3.8, 4) is 0 Å². The molecule has 106 valence electrons. The SMILES string of the molecule is CC(C)(C)CCNC(=O)C(N)CC1CCCCC1. The van der Waals surface area contributed by atoms with Gasteiger partial charge in [0.1, 0.15) is 0 Å². The summed E-state index contributed by atoms with van der Waals surface area (Å²) in [5.41, 5.74) is 6.25. The molecule has 3 heteroatoms. The molecule has 18 heavy (non-hydrogen) atoms. The number of carbonyl (C=O) groups excluding carboxylic acids is 1. The van der Waals surface area contributed by atoms with Gasteiger partial charge in [-0.3, -0.25) is 4.79 Å². The number of nitrogens with two attached hydrogens (primary N) is 1. The van der Waals surface area contributed by atoms with Gasteiger partial charge in [-0.25, -0.2) is 0 Å². The first kappa shape index (κ1) is 15.5. The second-order valence-electron chi connectivity index (χ2n) is 6.95. The van der Waals surface area contributed by atoms with E-state index in [2.05, 4.69) is 26.1 Å². The predicted octanol–water partition coefficient (Wildman–Crippen LogP) is 2.84. The van der Waals surface area contributed by atoms with Gasteiger partial charge >= 0.3 is 0 Å². The van der Waals surface area contributed by atoms with Crippen molar-refractivity contribution in [2.75, 3.05) is 6.54 Å². The summed E-state index contributed by atoms with van der Waals surface area (Å²) in [6.45, 7) is 7.28. The normalized spacial score (nSPS) is 19.6. The van der Waals surface area contributed by atoms with Crippen LogP contribution in [0.1, 0.15) is 65.7 Å². The monoisotopic (exact) mass is 254 g/mol. The van der Waals surface area contributed by atoms with Crippen molar-refractivity contribution >= 4 is 5.91 Å². The van der Waals surface area contributed by atoms with Gasteiger partial charge < -0.3 is 11.1 Å². The summed E-state index contributed by atoms with van der Waals surface area (Å²) in [7, 11) is 0. The van der Waals surface area contributed by atoms with Crippen LogP contribution >= 0.6 is 0 Å². The van der Waals surface area contributed by atoms with Gasteiger partial charge in [0.15, 0.2) is 0 Å². The number of amides is 1. The van der Waals surface area contributed by atoms with Crippen molar-refractivity contribution in [1.82, 2.24) is 5.32 Å². The highest BCUT2D eigenvalue weighted by molar-refractivity contribution is 5.81. The standard InChI is InChI=1S/C15H30N2O/c1-15(2,3)9-10-17-14(18)13(16)11-12-7-5-4-6-8-12/h12-13H,4-11,16H2,1-3H3,(H,17,18). The van der Waals surface area contributed by atoms with E-state index in [1.54, 1.807) is 0 Å². The van der Waals surface area contributed by atoms with Crippen LogP contribution in [0, 0.1) is 11.3 Å². The molecule has 0 aromatic carbocycles. The van der Waals surface area contributed by atoms with Crippen LogP contribution in [0.15, 0.2) is 0 Å². The number of hydrogen-bond acceptors (Lipinski definition) is 2. The highest BCUT2D eigenvalue weighted by atomic mass is 16.2. The Bertz CT molecular complexity index is 252. The summed E-state index contributed by atoms with van der Waals surface area (Å²) in [5.74, 6) is 0.701. The molecule has 1 aliphatic rings. The molecule has 3 nitrogen and oxygen atoms in total. The smallest absolute Gasteiger partial charge is 0.236 e. The lowest BCUT2D eigenvalue weighted by Crippen LogP contribution is -2.42. The van der Waals surface area contributed by atoms with E-state index in [-0.39, 0.29) is 17.4 Å². The molecule has 0 saturated heterocycles. The van der Waals surface area contributed by atoms with Crippen molar-refractivity contribution < 1.29 is 4.79 Å². The first-order chi connectivity index (χ1) is 8.38. The van der Waals surface area contributed by atoms with Crippen LogP contribution in [0.2, 0.25) is 0 Å². The minimum atomic E-state index is -0.312. The molecule has 3 N–H and O–H groups in total. The Morgan fingerprint density at radius 2 is 1.89 bits per heavy atom. The largest absolute Gasteiger partial charge is 0.355 e. The quantitative estimate of drug-likeness (QED) is 0.792. The van der Waals surface area contributed by atoms with Crippen molar-refractivity contribution in [1.29, 1.82) is 0 Å². The fourth-order valence-corrected chi connectivity index (χ4v) is 2.58. The second-order valence-corrected chi connectivity index (χ2v) is 6.95. The fraction of sp³-hybridized carbons (Fsp3) is 0.933. The van der Waals surface area contributed by atoms with Crippen LogP contribution in [0.3, 0.4) is 0 Å². The molecule has 0 bridgehead atoms. The van der Waals surface area contributed by atoms with Crippen molar-refractivity contribution in [2.45, 2.75) is 71.8 Å². The number of nitrogens with one attached hydrogen (secondary N) is 1. The third kappa shape index (κ3) is 6.39. The zero-order valence-corrected chi connectivity index (χ0v) is 12.3. The molecular weight excluding hydrogens is 224 g/mol. The van der Waals surface area contributed by atoms with Crippen molar-refractivity contribution in [2.24, 2.45) is 17.1 Å². The average molecular weight is 254 g/mol. The van der Waals surface area contributed by atoms with Crippen LogP contribution in [0.25, 0.3) is 0 Å². The van der Waals surface area contributed by atoms with Crippen molar-refractivity contribution in [3.63, 3.8) is 0 Å². The predicted molar refractivity (Wildman–Crippen MR) is 76.2 cm³/mol. The van der Waals surface area contributed by atoms with E-state index in [0.717, 1.165) is 19.4 Å². The van der Waals surface area contributed by atoms with E-state index < -0.39 is 0 Å². The number of rotatable bonds is 5. The van der Waals surface area contributed by atoms with Gasteiger partial charge in [-0.05, 0) is 24.2 Å². The van der Waals surface area contributed by atoms with Gasteiger partial charge in [0, 0.05) is 6.54 Å². The van der Waals surface area contributed by atoms with Gasteiger partial charge in [-0.2, -0.15) is 0 Å². The maximum atomic E-state index is 11.9. The van der Waals surface area contributed by atoms with Gasteiger partial charge in [0.05, 0.1) is 6.04 Å². The summed E-state index contributed by atoms with van der Waals surface area (Å²) in [4.78, 5) is 11.9. The first-order valence-electron chi connectivity index (χ1n) is 7.42. The third-order valence-corrected chi connectivity index (χ3v) is 3.82.